The van der Waals surface area contributed by atoms with E-state index in [1.807, 2.05) is 6.92 Å². The molecule has 1 heterocycles. The normalized spacial score (nSPS) is 10.1. The van der Waals surface area contributed by atoms with Crippen LogP contribution in [0.4, 0.5) is 11.5 Å². The number of aromatic nitrogens is 1. The molecule has 1 aromatic heterocycles. The van der Waals surface area contributed by atoms with Gasteiger partial charge in [-0.3, -0.25) is 10.1 Å². The average molecular weight is 225 g/mol. The van der Waals surface area contributed by atoms with Crippen LogP contribution in [0.5, 0.6) is 0 Å². The SMILES string of the molecule is CCOCCNc1ncc([N+](=O)[O-])cc1C. The van der Waals surface area contributed by atoms with Crippen LogP contribution >= 0.6 is 0 Å². The Morgan fingerprint density at radius 3 is 2.94 bits per heavy atom. The van der Waals surface area contributed by atoms with Crippen LogP contribution in [0.2, 0.25) is 0 Å². The van der Waals surface area contributed by atoms with E-state index >= 15 is 0 Å². The van der Waals surface area contributed by atoms with E-state index in [1.165, 1.54) is 12.3 Å². The molecule has 0 aliphatic carbocycles. The topological polar surface area (TPSA) is 77.3 Å². The van der Waals surface area contributed by atoms with Crippen molar-refractivity contribution in [2.45, 2.75) is 13.8 Å². The van der Waals surface area contributed by atoms with E-state index in [2.05, 4.69) is 10.3 Å². The van der Waals surface area contributed by atoms with Gasteiger partial charge in [0, 0.05) is 19.2 Å². The maximum Gasteiger partial charge on any atom is 0.287 e. The number of nitrogens with zero attached hydrogens (tertiary/aromatic N) is 2. The van der Waals surface area contributed by atoms with E-state index in [9.17, 15) is 10.1 Å². The van der Waals surface area contributed by atoms with Crippen molar-refractivity contribution in [1.82, 2.24) is 4.98 Å². The van der Waals surface area contributed by atoms with E-state index in [1.54, 1.807) is 6.92 Å². The summed E-state index contributed by atoms with van der Waals surface area (Å²) in [7, 11) is 0. The van der Waals surface area contributed by atoms with Crippen LogP contribution in [0.1, 0.15) is 12.5 Å². The molecule has 0 saturated heterocycles. The number of hydrogen-bond donors (Lipinski definition) is 1. The molecule has 0 fully saturated rings. The molecule has 6 heteroatoms. The van der Waals surface area contributed by atoms with Gasteiger partial charge < -0.3 is 10.1 Å². The molecule has 0 unspecified atom stereocenters. The highest BCUT2D eigenvalue weighted by molar-refractivity contribution is 5.48. The molecule has 0 atom stereocenters. The Balaban J connectivity index is 2.57. The summed E-state index contributed by atoms with van der Waals surface area (Å²) in [6, 6.07) is 1.50. The Morgan fingerprint density at radius 2 is 2.38 bits per heavy atom. The highest BCUT2D eigenvalue weighted by Crippen LogP contribution is 2.17. The quantitative estimate of drug-likeness (QED) is 0.453. The molecular weight excluding hydrogens is 210 g/mol. The lowest BCUT2D eigenvalue weighted by Crippen LogP contribution is -2.11. The lowest BCUT2D eigenvalue weighted by atomic mass is 10.2. The van der Waals surface area contributed by atoms with Crippen LogP contribution in [0.15, 0.2) is 12.3 Å². The average Bonchev–Trinajstić information content (AvgIpc) is 2.26. The molecule has 16 heavy (non-hydrogen) atoms. The minimum absolute atomic E-state index is 0.00728. The zero-order valence-electron chi connectivity index (χ0n) is 9.40. The molecule has 0 aromatic carbocycles. The highest BCUT2D eigenvalue weighted by atomic mass is 16.6. The standard InChI is InChI=1S/C10H15N3O3/c1-3-16-5-4-11-10-8(2)6-9(7-12-10)13(14)15/h6-7H,3-5H2,1-2H3,(H,11,12). The fourth-order valence-electron chi connectivity index (χ4n) is 1.23. The Bertz CT molecular complexity index is 368. The van der Waals surface area contributed by atoms with Gasteiger partial charge in [0.15, 0.2) is 0 Å². The van der Waals surface area contributed by atoms with Crippen LogP contribution in [-0.4, -0.2) is 29.7 Å². The summed E-state index contributed by atoms with van der Waals surface area (Å²) in [6.45, 7) is 5.61. The van der Waals surface area contributed by atoms with E-state index < -0.39 is 4.92 Å². The number of aryl methyl sites for hydroxylation is 1. The first-order chi connectivity index (χ1) is 7.65. The van der Waals surface area contributed by atoms with E-state index in [0.717, 1.165) is 5.56 Å². The number of pyridine rings is 1. The second-order valence-corrected chi connectivity index (χ2v) is 3.24. The van der Waals surface area contributed by atoms with Crippen LogP contribution < -0.4 is 5.32 Å². The minimum atomic E-state index is -0.454. The summed E-state index contributed by atoms with van der Waals surface area (Å²) < 4.78 is 5.16. The molecule has 1 aromatic rings. The van der Waals surface area contributed by atoms with E-state index in [-0.39, 0.29) is 5.69 Å². The molecule has 1 rings (SSSR count). The predicted molar refractivity (Wildman–Crippen MR) is 60.6 cm³/mol. The summed E-state index contributed by atoms with van der Waals surface area (Å²) >= 11 is 0. The molecule has 0 aliphatic rings. The summed E-state index contributed by atoms with van der Waals surface area (Å²) in [5.74, 6) is 0.658. The number of anilines is 1. The lowest BCUT2D eigenvalue weighted by Gasteiger charge is -2.07. The second-order valence-electron chi connectivity index (χ2n) is 3.24. The van der Waals surface area contributed by atoms with Gasteiger partial charge in [-0.2, -0.15) is 0 Å². The van der Waals surface area contributed by atoms with Crippen molar-refractivity contribution in [3.63, 3.8) is 0 Å². The molecular formula is C10H15N3O3. The van der Waals surface area contributed by atoms with Crippen molar-refractivity contribution in [2.24, 2.45) is 0 Å². The maximum atomic E-state index is 10.5. The summed E-state index contributed by atoms with van der Waals surface area (Å²) in [4.78, 5) is 14.0. The number of nitro groups is 1. The van der Waals surface area contributed by atoms with Gasteiger partial charge in [-0.05, 0) is 19.4 Å². The van der Waals surface area contributed by atoms with Gasteiger partial charge >= 0.3 is 0 Å². The van der Waals surface area contributed by atoms with E-state index in [0.29, 0.717) is 25.6 Å². The number of rotatable bonds is 6. The first kappa shape index (κ1) is 12.4. The monoisotopic (exact) mass is 225 g/mol. The van der Waals surface area contributed by atoms with Crippen molar-refractivity contribution in [1.29, 1.82) is 0 Å². The predicted octanol–water partition coefficient (Wildman–Crippen LogP) is 1.75. The third-order valence-electron chi connectivity index (χ3n) is 2.02. The highest BCUT2D eigenvalue weighted by Gasteiger charge is 2.08. The van der Waals surface area contributed by atoms with Crippen molar-refractivity contribution < 1.29 is 9.66 Å². The Morgan fingerprint density at radius 1 is 1.62 bits per heavy atom. The van der Waals surface area contributed by atoms with Crippen LogP contribution in [-0.2, 0) is 4.74 Å². The van der Waals surface area contributed by atoms with Gasteiger partial charge in [-0.1, -0.05) is 0 Å². The summed E-state index contributed by atoms with van der Waals surface area (Å²) in [6.07, 6.45) is 1.25. The molecule has 0 bridgehead atoms. The maximum absolute atomic E-state index is 10.5. The number of ether oxygens (including phenoxy) is 1. The van der Waals surface area contributed by atoms with E-state index in [4.69, 9.17) is 4.74 Å². The fourth-order valence-corrected chi connectivity index (χ4v) is 1.23. The summed E-state index contributed by atoms with van der Waals surface area (Å²) in [5, 5.41) is 13.5. The van der Waals surface area contributed by atoms with Crippen molar-refractivity contribution in [2.75, 3.05) is 25.1 Å². The summed E-state index contributed by atoms with van der Waals surface area (Å²) in [5.41, 5.74) is 0.763. The molecule has 1 N–H and O–H groups in total. The van der Waals surface area contributed by atoms with Crippen molar-refractivity contribution in [3.05, 3.63) is 27.9 Å². The van der Waals surface area contributed by atoms with Crippen molar-refractivity contribution >= 4 is 11.5 Å². The fraction of sp³-hybridized carbons (Fsp3) is 0.500. The largest absolute Gasteiger partial charge is 0.380 e. The van der Waals surface area contributed by atoms with Crippen LogP contribution in [0, 0.1) is 17.0 Å². The third-order valence-corrected chi connectivity index (χ3v) is 2.02. The smallest absolute Gasteiger partial charge is 0.287 e. The molecule has 0 aliphatic heterocycles. The number of nitrogens with one attached hydrogen (secondary N) is 1. The van der Waals surface area contributed by atoms with Gasteiger partial charge in [0.2, 0.25) is 0 Å². The van der Waals surface area contributed by atoms with Crippen LogP contribution in [0.3, 0.4) is 0 Å². The molecule has 6 nitrogen and oxygen atoms in total. The number of hydrogen-bond acceptors (Lipinski definition) is 5. The second kappa shape index (κ2) is 6.02. The molecule has 0 radical (unpaired) electrons. The zero-order valence-corrected chi connectivity index (χ0v) is 9.40. The minimum Gasteiger partial charge on any atom is -0.380 e. The van der Waals surface area contributed by atoms with Gasteiger partial charge in [0.25, 0.3) is 5.69 Å². The van der Waals surface area contributed by atoms with Gasteiger partial charge in [0.1, 0.15) is 12.0 Å². The first-order valence-electron chi connectivity index (χ1n) is 5.07. The molecule has 0 spiro atoms. The van der Waals surface area contributed by atoms with Gasteiger partial charge in [-0.15, -0.1) is 0 Å². The van der Waals surface area contributed by atoms with Gasteiger partial charge in [-0.25, -0.2) is 4.98 Å². The zero-order chi connectivity index (χ0) is 12.0. The lowest BCUT2D eigenvalue weighted by molar-refractivity contribution is -0.385. The first-order valence-corrected chi connectivity index (χ1v) is 5.07. The van der Waals surface area contributed by atoms with Crippen LogP contribution in [0.25, 0.3) is 0 Å². The molecule has 0 saturated carbocycles. The third kappa shape index (κ3) is 3.47. The Labute approximate surface area is 93.8 Å². The Kier molecular flexibility index (Phi) is 4.65. The molecule has 88 valence electrons. The molecule has 0 amide bonds. The van der Waals surface area contributed by atoms with Gasteiger partial charge in [0.05, 0.1) is 11.5 Å². The Hall–Kier alpha value is -1.69. The van der Waals surface area contributed by atoms with Crippen molar-refractivity contribution in [3.8, 4) is 0 Å².